The molecule has 0 aliphatic carbocycles. The molecule has 0 fully saturated rings. The summed E-state index contributed by atoms with van der Waals surface area (Å²) in [6.45, 7) is 10.0. The molecule has 9 nitrogen and oxygen atoms in total. The van der Waals surface area contributed by atoms with Crippen molar-refractivity contribution in [1.29, 1.82) is 0 Å². The SMILES string of the molecule is Cc1c(CCC(=O)N[C@@H](Cc2c[nH]c3ccc(O)cc23)C(=O)O)c(=O)oc2c(C)c3occ(C(C)(C)C)c3cc12. The molecule has 0 saturated carbocycles. The van der Waals surface area contributed by atoms with E-state index in [4.69, 9.17) is 8.83 Å². The summed E-state index contributed by atoms with van der Waals surface area (Å²) in [6.07, 6.45) is 3.44. The lowest BCUT2D eigenvalue weighted by atomic mass is 9.86. The number of aromatic amines is 1. The maximum atomic E-state index is 13.0. The number of hydrogen-bond donors (Lipinski definition) is 4. The first-order valence-electron chi connectivity index (χ1n) is 13.1. The van der Waals surface area contributed by atoms with Crippen LogP contribution < -0.4 is 10.9 Å². The van der Waals surface area contributed by atoms with Crippen molar-refractivity contribution in [1.82, 2.24) is 10.3 Å². The third-order valence-electron chi connectivity index (χ3n) is 7.56. The molecule has 0 bridgehead atoms. The van der Waals surface area contributed by atoms with Gasteiger partial charge in [0.15, 0.2) is 0 Å². The summed E-state index contributed by atoms with van der Waals surface area (Å²) >= 11 is 0. The maximum Gasteiger partial charge on any atom is 0.339 e. The molecule has 5 aromatic rings. The fraction of sp³-hybridized carbons (Fsp3) is 0.323. The molecule has 4 N–H and O–H groups in total. The standard InChI is InChI=1S/C31H32N2O7/c1-15-19(30(38)40-28-16(2)27-22(12-20(15)28)23(14-39-27)31(3,4)5)7-9-26(35)33-25(29(36)37)10-17-13-32-24-8-6-18(34)11-21(17)24/h6,8,11-14,25,32,34H,7,9-10H2,1-5H3,(H,33,35)(H,36,37)/t25-/m0/s1. The van der Waals surface area contributed by atoms with E-state index in [1.54, 1.807) is 24.6 Å². The van der Waals surface area contributed by atoms with Crippen molar-refractivity contribution >= 4 is 44.7 Å². The van der Waals surface area contributed by atoms with E-state index in [1.807, 2.05) is 19.9 Å². The summed E-state index contributed by atoms with van der Waals surface area (Å²) in [5.74, 6) is -1.61. The van der Waals surface area contributed by atoms with Gasteiger partial charge in [-0.2, -0.15) is 0 Å². The number of aromatic nitrogens is 1. The molecule has 0 unspecified atom stereocenters. The normalized spacial score (nSPS) is 12.8. The molecule has 1 atom stereocenters. The van der Waals surface area contributed by atoms with E-state index >= 15 is 0 Å². The molecule has 2 aromatic carbocycles. The zero-order valence-corrected chi connectivity index (χ0v) is 23.1. The van der Waals surface area contributed by atoms with Crippen LogP contribution in [0.2, 0.25) is 0 Å². The number of furan rings is 1. The van der Waals surface area contributed by atoms with Crippen LogP contribution in [0.3, 0.4) is 0 Å². The molecule has 5 rings (SSSR count). The van der Waals surface area contributed by atoms with Gasteiger partial charge in [-0.3, -0.25) is 4.79 Å². The Morgan fingerprint density at radius 3 is 2.50 bits per heavy atom. The third-order valence-corrected chi connectivity index (χ3v) is 7.56. The van der Waals surface area contributed by atoms with E-state index in [0.29, 0.717) is 27.7 Å². The number of fused-ring (bicyclic) bond motifs is 3. The average Bonchev–Trinajstić information content (AvgIpc) is 3.48. The number of carboxylic acids is 1. The van der Waals surface area contributed by atoms with Crippen molar-refractivity contribution in [3.05, 3.63) is 75.0 Å². The highest BCUT2D eigenvalue weighted by atomic mass is 16.4. The number of benzene rings is 2. The van der Waals surface area contributed by atoms with Gasteiger partial charge in [0.05, 0.1) is 6.26 Å². The number of aliphatic carboxylic acids is 1. The van der Waals surface area contributed by atoms with Gasteiger partial charge in [0.1, 0.15) is 23.0 Å². The van der Waals surface area contributed by atoms with Crippen molar-refractivity contribution in [2.24, 2.45) is 0 Å². The maximum absolute atomic E-state index is 13.0. The van der Waals surface area contributed by atoms with Gasteiger partial charge in [-0.05, 0) is 61.1 Å². The van der Waals surface area contributed by atoms with Crippen molar-refractivity contribution in [2.75, 3.05) is 0 Å². The molecule has 0 saturated heterocycles. The van der Waals surface area contributed by atoms with Crippen LogP contribution in [0.5, 0.6) is 5.75 Å². The molecule has 0 radical (unpaired) electrons. The topological polar surface area (TPSA) is 146 Å². The highest BCUT2D eigenvalue weighted by molar-refractivity contribution is 6.00. The predicted octanol–water partition coefficient (Wildman–Crippen LogP) is 5.39. The lowest BCUT2D eigenvalue weighted by Gasteiger charge is -2.17. The van der Waals surface area contributed by atoms with Crippen molar-refractivity contribution in [2.45, 2.75) is 65.3 Å². The fourth-order valence-corrected chi connectivity index (χ4v) is 5.33. The first kappa shape index (κ1) is 27.1. The number of aromatic hydroxyl groups is 1. The van der Waals surface area contributed by atoms with Crippen molar-refractivity contribution in [3.8, 4) is 5.75 Å². The number of nitrogens with one attached hydrogen (secondary N) is 2. The summed E-state index contributed by atoms with van der Waals surface area (Å²) in [7, 11) is 0. The number of phenols is 1. The Bertz CT molecular complexity index is 1850. The van der Waals surface area contributed by atoms with Gasteiger partial charge in [0.2, 0.25) is 5.91 Å². The Morgan fingerprint density at radius 1 is 1.05 bits per heavy atom. The first-order chi connectivity index (χ1) is 18.8. The third kappa shape index (κ3) is 4.83. The number of H-pyrrole nitrogens is 1. The summed E-state index contributed by atoms with van der Waals surface area (Å²) in [4.78, 5) is 40.8. The Balaban J connectivity index is 1.38. The minimum absolute atomic E-state index is 0.0255. The monoisotopic (exact) mass is 544 g/mol. The molecule has 40 heavy (non-hydrogen) atoms. The molecule has 3 aromatic heterocycles. The zero-order valence-electron chi connectivity index (χ0n) is 23.1. The summed E-state index contributed by atoms with van der Waals surface area (Å²) in [5, 5.41) is 24.6. The van der Waals surface area contributed by atoms with Gasteiger partial charge in [0.25, 0.3) is 0 Å². The molecule has 9 heteroatoms. The summed E-state index contributed by atoms with van der Waals surface area (Å²) < 4.78 is 11.6. The van der Waals surface area contributed by atoms with Crippen LogP contribution in [-0.2, 0) is 27.8 Å². The molecule has 0 spiro atoms. The number of rotatable bonds is 7. The van der Waals surface area contributed by atoms with E-state index in [0.717, 1.165) is 33.0 Å². The molecular weight excluding hydrogens is 512 g/mol. The Morgan fingerprint density at radius 2 is 1.80 bits per heavy atom. The number of phenolic OH excluding ortho intramolecular Hbond substituents is 1. The molecule has 0 aliphatic heterocycles. The molecule has 0 aliphatic rings. The number of carbonyl (C=O) groups excluding carboxylic acids is 1. The number of carbonyl (C=O) groups is 2. The molecule has 1 amide bonds. The Hall–Kier alpha value is -4.53. The van der Waals surface area contributed by atoms with E-state index in [-0.39, 0.29) is 30.4 Å². The lowest BCUT2D eigenvalue weighted by molar-refractivity contribution is -0.141. The Kier molecular flexibility index (Phi) is 6.69. The van der Waals surface area contributed by atoms with E-state index in [1.165, 1.54) is 6.07 Å². The smallest absolute Gasteiger partial charge is 0.339 e. The minimum atomic E-state index is -1.18. The van der Waals surface area contributed by atoms with Crippen LogP contribution in [0.25, 0.3) is 32.8 Å². The van der Waals surface area contributed by atoms with Crippen LogP contribution in [0, 0.1) is 13.8 Å². The van der Waals surface area contributed by atoms with Crippen molar-refractivity contribution in [3.63, 3.8) is 0 Å². The first-order valence-corrected chi connectivity index (χ1v) is 13.1. The second-order valence-electron chi connectivity index (χ2n) is 11.4. The number of amides is 1. The summed E-state index contributed by atoms with van der Waals surface area (Å²) in [6, 6.07) is 5.57. The van der Waals surface area contributed by atoms with Gasteiger partial charge >= 0.3 is 11.6 Å². The van der Waals surface area contributed by atoms with Crippen LogP contribution in [-0.4, -0.2) is 33.1 Å². The van der Waals surface area contributed by atoms with Gasteiger partial charge < -0.3 is 29.3 Å². The van der Waals surface area contributed by atoms with Crippen LogP contribution in [0.15, 0.2) is 50.4 Å². The fourth-order valence-electron chi connectivity index (χ4n) is 5.33. The van der Waals surface area contributed by atoms with E-state index in [2.05, 4.69) is 31.1 Å². The van der Waals surface area contributed by atoms with Gasteiger partial charge in [-0.25, -0.2) is 9.59 Å². The summed E-state index contributed by atoms with van der Waals surface area (Å²) in [5.41, 5.74) is 4.73. The second-order valence-corrected chi connectivity index (χ2v) is 11.4. The highest BCUT2D eigenvalue weighted by Gasteiger charge is 2.25. The lowest BCUT2D eigenvalue weighted by Crippen LogP contribution is -2.42. The predicted molar refractivity (Wildman–Crippen MR) is 152 cm³/mol. The number of hydrogen-bond acceptors (Lipinski definition) is 6. The van der Waals surface area contributed by atoms with Crippen molar-refractivity contribution < 1.29 is 28.6 Å². The quantitative estimate of drug-likeness (QED) is 0.201. The number of carboxylic acid groups (broad SMARTS) is 1. The molecule has 208 valence electrons. The van der Waals surface area contributed by atoms with Gasteiger partial charge in [0, 0.05) is 57.4 Å². The number of aryl methyl sites for hydroxylation is 2. The van der Waals surface area contributed by atoms with E-state index < -0.39 is 23.5 Å². The minimum Gasteiger partial charge on any atom is -0.508 e. The zero-order chi connectivity index (χ0) is 28.9. The van der Waals surface area contributed by atoms with Crippen LogP contribution in [0.4, 0.5) is 0 Å². The second kappa shape index (κ2) is 9.89. The average molecular weight is 545 g/mol. The van der Waals surface area contributed by atoms with Gasteiger partial charge in [-0.15, -0.1) is 0 Å². The Labute approximate surface area is 229 Å². The highest BCUT2D eigenvalue weighted by Crippen LogP contribution is 2.37. The largest absolute Gasteiger partial charge is 0.508 e. The van der Waals surface area contributed by atoms with Gasteiger partial charge in [-0.1, -0.05) is 20.8 Å². The van der Waals surface area contributed by atoms with E-state index in [9.17, 15) is 24.6 Å². The van der Waals surface area contributed by atoms with Crippen LogP contribution >= 0.6 is 0 Å². The molecular formula is C31H32N2O7. The molecule has 3 heterocycles. The van der Waals surface area contributed by atoms with Crippen LogP contribution in [0.1, 0.15) is 55.0 Å².